The van der Waals surface area contributed by atoms with Gasteiger partial charge in [-0.2, -0.15) is 0 Å². The summed E-state index contributed by atoms with van der Waals surface area (Å²) in [5, 5.41) is 3.15. The first-order chi connectivity index (χ1) is 18.5. The highest BCUT2D eigenvalue weighted by atomic mass is 16.5. The minimum Gasteiger partial charge on any atom is -0.385 e. The SMILES string of the molecule is COCCCN1C(=O)C(CC(=O)NC(c2ccccc2)c2ccccc2)CC(C(=O)N2CCOCC2)=C1C. The van der Waals surface area contributed by atoms with E-state index >= 15 is 0 Å². The molecule has 38 heavy (non-hydrogen) atoms. The normalized spacial score (nSPS) is 18.2. The van der Waals surface area contributed by atoms with Gasteiger partial charge in [0.1, 0.15) is 0 Å². The van der Waals surface area contributed by atoms with Crippen molar-refractivity contribution in [1.82, 2.24) is 15.1 Å². The molecule has 0 spiro atoms. The third kappa shape index (κ3) is 6.68. The number of ether oxygens (including phenoxy) is 2. The number of rotatable bonds is 10. The van der Waals surface area contributed by atoms with E-state index in [9.17, 15) is 14.4 Å². The van der Waals surface area contributed by atoms with E-state index < -0.39 is 5.92 Å². The molecule has 1 saturated heterocycles. The predicted molar refractivity (Wildman–Crippen MR) is 144 cm³/mol. The van der Waals surface area contributed by atoms with E-state index in [1.165, 1.54) is 0 Å². The van der Waals surface area contributed by atoms with Crippen molar-refractivity contribution in [2.24, 2.45) is 5.92 Å². The number of hydrogen-bond donors (Lipinski definition) is 1. The van der Waals surface area contributed by atoms with Gasteiger partial charge in [0, 0.05) is 51.0 Å². The number of benzene rings is 2. The molecule has 0 aromatic heterocycles. The Labute approximate surface area is 224 Å². The quantitative estimate of drug-likeness (QED) is 0.487. The van der Waals surface area contributed by atoms with Crippen LogP contribution in [0.3, 0.4) is 0 Å². The maximum atomic E-state index is 13.6. The smallest absolute Gasteiger partial charge is 0.251 e. The van der Waals surface area contributed by atoms with Gasteiger partial charge in [-0.3, -0.25) is 14.4 Å². The van der Waals surface area contributed by atoms with Gasteiger partial charge < -0.3 is 24.6 Å². The van der Waals surface area contributed by atoms with E-state index in [0.717, 1.165) is 11.1 Å². The highest BCUT2D eigenvalue weighted by Gasteiger charge is 2.38. The van der Waals surface area contributed by atoms with Crippen LogP contribution in [0.5, 0.6) is 0 Å². The van der Waals surface area contributed by atoms with E-state index in [2.05, 4.69) is 5.32 Å². The van der Waals surface area contributed by atoms with Gasteiger partial charge in [0.2, 0.25) is 11.8 Å². The Balaban J connectivity index is 1.54. The summed E-state index contributed by atoms with van der Waals surface area (Å²) in [6.45, 7) is 4.82. The van der Waals surface area contributed by atoms with E-state index in [1.807, 2.05) is 67.6 Å². The molecule has 2 aromatic carbocycles. The number of carbonyl (C=O) groups excluding carboxylic acids is 3. The zero-order chi connectivity index (χ0) is 26.9. The van der Waals surface area contributed by atoms with Gasteiger partial charge in [-0.05, 0) is 30.9 Å². The molecular formula is C30H37N3O5. The van der Waals surface area contributed by atoms with Gasteiger partial charge in [0.15, 0.2) is 0 Å². The summed E-state index contributed by atoms with van der Waals surface area (Å²) in [5.74, 6) is -1.04. The third-order valence-electron chi connectivity index (χ3n) is 7.20. The van der Waals surface area contributed by atoms with E-state index in [0.29, 0.717) is 57.1 Å². The molecule has 2 heterocycles. The fraction of sp³-hybridized carbons (Fsp3) is 0.433. The van der Waals surface area contributed by atoms with Crippen LogP contribution in [0.1, 0.15) is 43.4 Å². The number of morpholine rings is 1. The molecule has 1 N–H and O–H groups in total. The van der Waals surface area contributed by atoms with Gasteiger partial charge in [-0.15, -0.1) is 0 Å². The lowest BCUT2D eigenvalue weighted by Gasteiger charge is -2.37. The van der Waals surface area contributed by atoms with Crippen LogP contribution in [-0.4, -0.2) is 74.1 Å². The molecular weight excluding hydrogens is 482 g/mol. The molecule has 1 unspecified atom stereocenters. The lowest BCUT2D eigenvalue weighted by molar-refractivity contribution is -0.139. The molecule has 4 rings (SSSR count). The topological polar surface area (TPSA) is 88.2 Å². The molecule has 0 aliphatic carbocycles. The highest BCUT2D eigenvalue weighted by molar-refractivity contribution is 5.98. The maximum Gasteiger partial charge on any atom is 0.251 e. The van der Waals surface area contributed by atoms with E-state index in [4.69, 9.17) is 9.47 Å². The van der Waals surface area contributed by atoms with Crippen LogP contribution >= 0.6 is 0 Å². The first kappa shape index (κ1) is 27.5. The minimum atomic E-state index is -0.617. The van der Waals surface area contributed by atoms with Gasteiger partial charge in [0.25, 0.3) is 5.91 Å². The molecule has 2 aliphatic rings. The number of nitrogens with one attached hydrogen (secondary N) is 1. The standard InChI is InChI=1S/C30H37N3O5/c1-22-26(30(36)32-15-18-38-19-16-32)20-25(29(35)33(22)14-9-17-37-2)21-27(34)31-28(23-10-5-3-6-11-23)24-12-7-4-8-13-24/h3-8,10-13,25,28H,9,14-21H2,1-2H3,(H,31,34). The fourth-order valence-electron chi connectivity index (χ4n) is 5.13. The Bertz CT molecular complexity index is 1090. The summed E-state index contributed by atoms with van der Waals surface area (Å²) in [7, 11) is 1.62. The number of allylic oxidation sites excluding steroid dienone is 1. The summed E-state index contributed by atoms with van der Waals surface area (Å²) in [6.07, 6.45) is 0.890. The molecule has 0 bridgehead atoms. The van der Waals surface area contributed by atoms with Crippen molar-refractivity contribution >= 4 is 17.7 Å². The molecule has 8 nitrogen and oxygen atoms in total. The fourth-order valence-corrected chi connectivity index (χ4v) is 5.13. The Morgan fingerprint density at radius 2 is 1.63 bits per heavy atom. The van der Waals surface area contributed by atoms with Crippen LogP contribution in [0, 0.1) is 5.92 Å². The predicted octanol–water partition coefficient (Wildman–Crippen LogP) is 3.30. The van der Waals surface area contributed by atoms with Gasteiger partial charge in [0.05, 0.1) is 25.2 Å². The molecule has 2 aromatic rings. The highest BCUT2D eigenvalue weighted by Crippen LogP contribution is 2.32. The monoisotopic (exact) mass is 519 g/mol. The zero-order valence-corrected chi connectivity index (χ0v) is 22.2. The second-order valence-electron chi connectivity index (χ2n) is 9.73. The second kappa shape index (κ2) is 13.3. The molecule has 202 valence electrons. The average Bonchev–Trinajstić information content (AvgIpc) is 2.96. The molecule has 3 amide bonds. The van der Waals surface area contributed by atoms with Crippen molar-refractivity contribution in [2.75, 3.05) is 46.6 Å². The van der Waals surface area contributed by atoms with Crippen molar-refractivity contribution in [3.8, 4) is 0 Å². The lowest BCUT2D eigenvalue weighted by Crippen LogP contribution is -2.47. The first-order valence-corrected chi connectivity index (χ1v) is 13.3. The third-order valence-corrected chi connectivity index (χ3v) is 7.20. The Morgan fingerprint density at radius 1 is 1.03 bits per heavy atom. The van der Waals surface area contributed by atoms with Gasteiger partial charge >= 0.3 is 0 Å². The summed E-state index contributed by atoms with van der Waals surface area (Å²) in [6, 6.07) is 19.2. The van der Waals surface area contributed by atoms with E-state index in [1.54, 1.807) is 16.9 Å². The molecule has 0 radical (unpaired) electrons. The Morgan fingerprint density at radius 3 is 2.21 bits per heavy atom. The Hall–Kier alpha value is -3.49. The zero-order valence-electron chi connectivity index (χ0n) is 22.2. The van der Waals surface area contributed by atoms with Crippen molar-refractivity contribution < 1.29 is 23.9 Å². The number of nitrogens with zero attached hydrogens (tertiary/aromatic N) is 2. The average molecular weight is 520 g/mol. The number of carbonyl (C=O) groups is 3. The largest absolute Gasteiger partial charge is 0.385 e. The van der Waals surface area contributed by atoms with Crippen LogP contribution in [-0.2, 0) is 23.9 Å². The molecule has 8 heteroatoms. The molecule has 2 aliphatic heterocycles. The summed E-state index contributed by atoms with van der Waals surface area (Å²) in [4.78, 5) is 43.9. The van der Waals surface area contributed by atoms with Crippen LogP contribution < -0.4 is 5.32 Å². The lowest BCUT2D eigenvalue weighted by atomic mass is 9.88. The summed E-state index contributed by atoms with van der Waals surface area (Å²) < 4.78 is 10.6. The maximum absolute atomic E-state index is 13.6. The van der Waals surface area contributed by atoms with Crippen LogP contribution in [0.4, 0.5) is 0 Å². The van der Waals surface area contributed by atoms with Crippen molar-refractivity contribution in [1.29, 1.82) is 0 Å². The van der Waals surface area contributed by atoms with Crippen LogP contribution in [0.15, 0.2) is 71.9 Å². The number of methoxy groups -OCH3 is 1. The molecule has 1 atom stereocenters. The molecule has 0 saturated carbocycles. The van der Waals surface area contributed by atoms with Crippen molar-refractivity contribution in [3.63, 3.8) is 0 Å². The summed E-state index contributed by atoms with van der Waals surface area (Å²) in [5.41, 5.74) is 3.19. The molecule has 1 fully saturated rings. The number of hydrogen-bond acceptors (Lipinski definition) is 5. The Kier molecular flexibility index (Phi) is 9.67. The second-order valence-corrected chi connectivity index (χ2v) is 9.73. The van der Waals surface area contributed by atoms with Crippen LogP contribution in [0.25, 0.3) is 0 Å². The van der Waals surface area contributed by atoms with Crippen molar-refractivity contribution in [3.05, 3.63) is 83.1 Å². The number of amides is 3. The van der Waals surface area contributed by atoms with Crippen LogP contribution in [0.2, 0.25) is 0 Å². The summed E-state index contributed by atoms with van der Waals surface area (Å²) >= 11 is 0. The first-order valence-electron chi connectivity index (χ1n) is 13.3. The van der Waals surface area contributed by atoms with Crippen molar-refractivity contribution in [2.45, 2.75) is 32.2 Å². The van der Waals surface area contributed by atoms with Gasteiger partial charge in [-0.1, -0.05) is 60.7 Å². The minimum absolute atomic E-state index is 0.00293. The van der Waals surface area contributed by atoms with Gasteiger partial charge in [-0.25, -0.2) is 0 Å². The van der Waals surface area contributed by atoms with E-state index in [-0.39, 0.29) is 36.6 Å².